The van der Waals surface area contributed by atoms with E-state index in [0.717, 1.165) is 6.08 Å². The number of hydrogen-bond donors (Lipinski definition) is 2. The lowest BCUT2D eigenvalue weighted by Crippen LogP contribution is -2.29. The molecule has 1 heterocycles. The van der Waals surface area contributed by atoms with E-state index in [9.17, 15) is 4.79 Å². The van der Waals surface area contributed by atoms with Crippen LogP contribution in [0.3, 0.4) is 0 Å². The van der Waals surface area contributed by atoms with Gasteiger partial charge >= 0.3 is 0 Å². The van der Waals surface area contributed by atoms with Gasteiger partial charge in [0.25, 0.3) is 0 Å². The summed E-state index contributed by atoms with van der Waals surface area (Å²) in [6, 6.07) is 0. The van der Waals surface area contributed by atoms with Crippen LogP contribution in [0.15, 0.2) is 12.7 Å². The van der Waals surface area contributed by atoms with Gasteiger partial charge in [-0.25, -0.2) is 0 Å². The highest BCUT2D eigenvalue weighted by Gasteiger charge is 1.92. The summed E-state index contributed by atoms with van der Waals surface area (Å²) in [5, 5.41) is 3.11. The Bertz CT molecular complexity index is 93.2. The van der Waals surface area contributed by atoms with E-state index in [1.807, 2.05) is 0 Å². The Kier molecular flexibility index (Phi) is 4.82. The molecule has 3 heteroatoms. The fraction of sp³-hybridized carbons (Fsp3) is 0.500. The van der Waals surface area contributed by atoms with Gasteiger partial charge in [0.15, 0.2) is 0 Å². The smallest absolute Gasteiger partial charge is 0.240 e. The molecule has 52 valence electrons. The summed E-state index contributed by atoms with van der Waals surface area (Å²) >= 11 is 0. The average Bonchev–Trinajstić information content (AvgIpc) is 1.61. The topological polar surface area (TPSA) is 55.1 Å². The molecule has 0 atom stereocenters. The number of hydrogen-bond acceptors (Lipinski definition) is 2. The molecular formula is C6H12N2O. The highest BCUT2D eigenvalue weighted by Crippen LogP contribution is 1.80. The molecule has 0 aliphatic carbocycles. The van der Waals surface area contributed by atoms with E-state index in [4.69, 9.17) is 0 Å². The van der Waals surface area contributed by atoms with Gasteiger partial charge in [-0.2, -0.15) is 0 Å². The van der Waals surface area contributed by atoms with E-state index >= 15 is 0 Å². The molecule has 1 rings (SSSR count). The zero-order valence-electron chi connectivity index (χ0n) is 5.39. The van der Waals surface area contributed by atoms with Crippen LogP contribution in [0.25, 0.3) is 0 Å². The minimum Gasteiger partial charge on any atom is -0.366 e. The van der Waals surface area contributed by atoms with Crippen LogP contribution in [-0.4, -0.2) is 19.0 Å². The van der Waals surface area contributed by atoms with Gasteiger partial charge in [0.05, 0.1) is 0 Å². The van der Waals surface area contributed by atoms with Crippen LogP contribution in [0.5, 0.6) is 0 Å². The number of amides is 1. The predicted octanol–water partition coefficient (Wildman–Crippen LogP) is -0.363. The van der Waals surface area contributed by atoms with Crippen molar-refractivity contribution >= 4 is 5.91 Å². The van der Waals surface area contributed by atoms with Gasteiger partial charge in [-0.05, 0) is 25.6 Å². The monoisotopic (exact) mass is 128 g/mol. The SMILES string of the molecule is C1CNC1.C=CC(N)=O. The van der Waals surface area contributed by atoms with E-state index in [1.165, 1.54) is 19.5 Å². The fourth-order valence-corrected chi connectivity index (χ4v) is 0.177. The van der Waals surface area contributed by atoms with Crippen molar-refractivity contribution in [2.75, 3.05) is 13.1 Å². The molecular weight excluding hydrogens is 116 g/mol. The largest absolute Gasteiger partial charge is 0.366 e. The first-order valence-corrected chi connectivity index (χ1v) is 2.90. The van der Waals surface area contributed by atoms with Gasteiger partial charge in [-0.1, -0.05) is 6.58 Å². The number of primary amides is 1. The van der Waals surface area contributed by atoms with Crippen LogP contribution < -0.4 is 11.1 Å². The molecule has 0 aromatic rings. The lowest BCUT2D eigenvalue weighted by molar-refractivity contribution is -0.113. The van der Waals surface area contributed by atoms with Crippen molar-refractivity contribution in [2.24, 2.45) is 5.73 Å². The second kappa shape index (κ2) is 5.31. The van der Waals surface area contributed by atoms with Gasteiger partial charge in [0.1, 0.15) is 0 Å². The number of carbonyl (C=O) groups excluding carboxylic acids is 1. The molecule has 0 bridgehead atoms. The maximum atomic E-state index is 9.47. The summed E-state index contributed by atoms with van der Waals surface area (Å²) in [5.41, 5.74) is 4.53. The van der Waals surface area contributed by atoms with Gasteiger partial charge < -0.3 is 11.1 Å². The van der Waals surface area contributed by atoms with Crippen molar-refractivity contribution in [2.45, 2.75) is 6.42 Å². The summed E-state index contributed by atoms with van der Waals surface area (Å²) in [6.45, 7) is 5.59. The van der Waals surface area contributed by atoms with Crippen molar-refractivity contribution in [3.63, 3.8) is 0 Å². The minimum atomic E-state index is -0.481. The lowest BCUT2D eigenvalue weighted by Gasteiger charge is -2.09. The van der Waals surface area contributed by atoms with Gasteiger partial charge in [-0.3, -0.25) is 4.79 Å². The zero-order chi connectivity index (χ0) is 7.11. The molecule has 3 N–H and O–H groups in total. The van der Waals surface area contributed by atoms with Crippen molar-refractivity contribution in [3.05, 3.63) is 12.7 Å². The second-order valence-corrected chi connectivity index (χ2v) is 1.71. The Morgan fingerprint density at radius 2 is 1.89 bits per heavy atom. The molecule has 0 radical (unpaired) electrons. The van der Waals surface area contributed by atoms with Crippen molar-refractivity contribution < 1.29 is 4.79 Å². The van der Waals surface area contributed by atoms with Crippen LogP contribution in [0.4, 0.5) is 0 Å². The lowest BCUT2D eigenvalue weighted by atomic mass is 10.3. The summed E-state index contributed by atoms with van der Waals surface area (Å²) < 4.78 is 0. The Morgan fingerprint density at radius 1 is 1.67 bits per heavy atom. The Labute approximate surface area is 54.9 Å². The van der Waals surface area contributed by atoms with E-state index in [-0.39, 0.29) is 0 Å². The molecule has 0 spiro atoms. The first-order valence-electron chi connectivity index (χ1n) is 2.90. The highest BCUT2D eigenvalue weighted by atomic mass is 16.1. The van der Waals surface area contributed by atoms with Crippen molar-refractivity contribution in [1.82, 2.24) is 5.32 Å². The van der Waals surface area contributed by atoms with E-state index in [2.05, 4.69) is 17.6 Å². The third-order valence-corrected chi connectivity index (χ3v) is 0.908. The molecule has 1 aliphatic heterocycles. The van der Waals surface area contributed by atoms with Gasteiger partial charge in [0.2, 0.25) is 5.91 Å². The third kappa shape index (κ3) is 7.17. The first kappa shape index (κ1) is 8.17. The van der Waals surface area contributed by atoms with E-state index in [1.54, 1.807) is 0 Å². The average molecular weight is 128 g/mol. The predicted molar refractivity (Wildman–Crippen MR) is 36.9 cm³/mol. The van der Waals surface area contributed by atoms with Crippen LogP contribution in [0, 0.1) is 0 Å². The maximum absolute atomic E-state index is 9.47. The minimum absolute atomic E-state index is 0.481. The molecule has 1 saturated heterocycles. The van der Waals surface area contributed by atoms with Crippen LogP contribution in [-0.2, 0) is 4.79 Å². The van der Waals surface area contributed by atoms with Crippen LogP contribution >= 0.6 is 0 Å². The van der Waals surface area contributed by atoms with Crippen LogP contribution in [0.2, 0.25) is 0 Å². The molecule has 0 saturated carbocycles. The zero-order valence-corrected chi connectivity index (χ0v) is 5.39. The molecule has 0 unspecified atom stereocenters. The van der Waals surface area contributed by atoms with Crippen LogP contribution in [0.1, 0.15) is 6.42 Å². The molecule has 3 nitrogen and oxygen atoms in total. The third-order valence-electron chi connectivity index (χ3n) is 0.908. The molecule has 1 aliphatic rings. The summed E-state index contributed by atoms with van der Waals surface area (Å²) in [7, 11) is 0. The van der Waals surface area contributed by atoms with E-state index < -0.39 is 5.91 Å². The summed E-state index contributed by atoms with van der Waals surface area (Å²) in [6.07, 6.45) is 2.44. The maximum Gasteiger partial charge on any atom is 0.240 e. The van der Waals surface area contributed by atoms with Gasteiger partial charge in [-0.15, -0.1) is 0 Å². The first-order chi connectivity index (χ1) is 4.27. The number of carbonyl (C=O) groups is 1. The molecule has 1 fully saturated rings. The summed E-state index contributed by atoms with van der Waals surface area (Å²) in [4.78, 5) is 9.47. The van der Waals surface area contributed by atoms with Crippen molar-refractivity contribution in [3.8, 4) is 0 Å². The van der Waals surface area contributed by atoms with E-state index in [0.29, 0.717) is 0 Å². The second-order valence-electron chi connectivity index (χ2n) is 1.71. The Balaban J connectivity index is 0.000000144. The molecule has 1 amide bonds. The Morgan fingerprint density at radius 3 is 1.89 bits per heavy atom. The number of nitrogens with one attached hydrogen (secondary N) is 1. The van der Waals surface area contributed by atoms with Crippen molar-refractivity contribution in [1.29, 1.82) is 0 Å². The highest BCUT2D eigenvalue weighted by molar-refractivity contribution is 5.84. The quantitative estimate of drug-likeness (QED) is 0.474. The van der Waals surface area contributed by atoms with Gasteiger partial charge in [0, 0.05) is 0 Å². The standard InChI is InChI=1S/C3H5NO.C3H7N/c1-2-3(4)5;1-2-4-3-1/h2H,1H2,(H2,4,5);4H,1-3H2. The molecule has 9 heavy (non-hydrogen) atoms. The molecule has 0 aromatic heterocycles. The molecule has 0 aromatic carbocycles. The normalized spacial score (nSPS) is 14.2. The number of rotatable bonds is 1. The Hall–Kier alpha value is -0.830. The number of nitrogens with two attached hydrogens (primary N) is 1. The summed E-state index contributed by atoms with van der Waals surface area (Å²) in [5.74, 6) is -0.481. The fourth-order valence-electron chi connectivity index (χ4n) is 0.177.